The number of carbonyl (C=O) groups excluding carboxylic acids is 1. The summed E-state index contributed by atoms with van der Waals surface area (Å²) in [4.78, 5) is 11.0. The van der Waals surface area contributed by atoms with Gasteiger partial charge in [-0.25, -0.2) is 8.42 Å². The molecular weight excluding hydrogens is 354 g/mol. The number of hydrogen-bond acceptors (Lipinski definition) is 5. The van der Waals surface area contributed by atoms with Gasteiger partial charge < -0.3 is 5.73 Å². The third-order valence-electron chi connectivity index (χ3n) is 4.04. The number of nitrogens with two attached hydrogens (primary N) is 1. The fraction of sp³-hybridized carbons (Fsp3) is 0.235. The Morgan fingerprint density at radius 2 is 2.04 bits per heavy atom. The van der Waals surface area contributed by atoms with Crippen LogP contribution in [0.3, 0.4) is 0 Å². The molecule has 3 N–H and O–H groups in total. The summed E-state index contributed by atoms with van der Waals surface area (Å²) in [7, 11) is -3.45. The van der Waals surface area contributed by atoms with Gasteiger partial charge in [0.15, 0.2) is 15.2 Å². The van der Waals surface area contributed by atoms with Crippen molar-refractivity contribution in [3.05, 3.63) is 48.9 Å². The summed E-state index contributed by atoms with van der Waals surface area (Å²) in [6.45, 7) is 0. The molecule has 0 fully saturated rings. The van der Waals surface area contributed by atoms with Crippen LogP contribution in [0.25, 0.3) is 22.4 Å². The smallest absolute Gasteiger partial charge is 0.217 e. The van der Waals surface area contributed by atoms with Crippen molar-refractivity contribution >= 4 is 15.7 Å². The minimum Gasteiger partial charge on any atom is -0.370 e. The van der Waals surface area contributed by atoms with Crippen LogP contribution in [0.2, 0.25) is 0 Å². The first kappa shape index (κ1) is 17.9. The summed E-state index contributed by atoms with van der Waals surface area (Å²) in [5.74, 6) is -0.543. The number of nitrogens with one attached hydrogen (secondary N) is 1. The molecule has 0 spiro atoms. The second-order valence-corrected chi connectivity index (χ2v) is 8.25. The van der Waals surface area contributed by atoms with Gasteiger partial charge in [0.1, 0.15) is 0 Å². The predicted molar refractivity (Wildman–Crippen MR) is 97.6 cm³/mol. The molecule has 1 aromatic carbocycles. The lowest BCUT2D eigenvalue weighted by atomic mass is 10.0. The van der Waals surface area contributed by atoms with E-state index in [1.54, 1.807) is 18.6 Å². The van der Waals surface area contributed by atoms with Crippen LogP contribution in [0.1, 0.15) is 18.2 Å². The van der Waals surface area contributed by atoms with Crippen LogP contribution >= 0.6 is 0 Å². The fourth-order valence-corrected chi connectivity index (χ4v) is 3.79. The highest BCUT2D eigenvalue weighted by molar-refractivity contribution is 7.90. The second-order valence-electron chi connectivity index (χ2n) is 6.05. The molecule has 0 saturated carbocycles. The molecule has 0 aliphatic rings. The molecular formula is C17H19N5O3S. The maximum Gasteiger partial charge on any atom is 0.217 e. The Morgan fingerprint density at radius 3 is 2.69 bits per heavy atom. The number of carbonyl (C=O) groups is 1. The van der Waals surface area contributed by atoms with Gasteiger partial charge in [-0.3, -0.25) is 14.6 Å². The van der Waals surface area contributed by atoms with Crippen molar-refractivity contribution in [3.8, 4) is 22.4 Å². The summed E-state index contributed by atoms with van der Waals surface area (Å²) in [5.41, 5.74) is 8.66. The first-order valence-corrected chi connectivity index (χ1v) is 9.91. The number of benzene rings is 1. The summed E-state index contributed by atoms with van der Waals surface area (Å²) in [6.07, 6.45) is 6.13. The van der Waals surface area contributed by atoms with E-state index in [1.165, 1.54) is 4.68 Å². The Balaban J connectivity index is 1.91. The third-order valence-corrected chi connectivity index (χ3v) is 5.48. The molecule has 26 heavy (non-hydrogen) atoms. The SMILES string of the molecule is CS(=O)(=O)C(CCC(N)=O)n1cc(-c2cccc(-c3ccn[nH]3)c2)cn1. The lowest BCUT2D eigenvalue weighted by Crippen LogP contribution is -2.22. The number of H-pyrrole nitrogens is 1. The highest BCUT2D eigenvalue weighted by atomic mass is 32.2. The molecule has 3 aromatic rings. The second kappa shape index (κ2) is 7.12. The van der Waals surface area contributed by atoms with Gasteiger partial charge in [-0.2, -0.15) is 10.2 Å². The average Bonchev–Trinajstić information content (AvgIpc) is 3.26. The minimum atomic E-state index is -3.45. The number of aromatic nitrogens is 4. The topological polar surface area (TPSA) is 124 Å². The van der Waals surface area contributed by atoms with E-state index >= 15 is 0 Å². The van der Waals surface area contributed by atoms with Gasteiger partial charge in [-0.1, -0.05) is 18.2 Å². The van der Waals surface area contributed by atoms with Gasteiger partial charge in [0.2, 0.25) is 5.91 Å². The van der Waals surface area contributed by atoms with Crippen molar-refractivity contribution in [2.24, 2.45) is 5.73 Å². The Kier molecular flexibility index (Phi) is 4.90. The molecule has 8 nitrogen and oxygen atoms in total. The molecule has 3 rings (SSSR count). The number of amides is 1. The van der Waals surface area contributed by atoms with Gasteiger partial charge in [-0.05, 0) is 24.1 Å². The zero-order valence-electron chi connectivity index (χ0n) is 14.2. The Morgan fingerprint density at radius 1 is 1.27 bits per heavy atom. The van der Waals surface area contributed by atoms with E-state index in [0.717, 1.165) is 28.6 Å². The Hall–Kier alpha value is -2.94. The van der Waals surface area contributed by atoms with Gasteiger partial charge >= 0.3 is 0 Å². The normalized spacial score (nSPS) is 12.8. The average molecular weight is 373 g/mol. The van der Waals surface area contributed by atoms with Gasteiger partial charge in [0, 0.05) is 36.2 Å². The van der Waals surface area contributed by atoms with Crippen molar-refractivity contribution in [2.45, 2.75) is 18.2 Å². The van der Waals surface area contributed by atoms with Crippen molar-refractivity contribution in [1.29, 1.82) is 0 Å². The van der Waals surface area contributed by atoms with E-state index in [2.05, 4.69) is 15.3 Å². The largest absolute Gasteiger partial charge is 0.370 e. The zero-order valence-corrected chi connectivity index (χ0v) is 15.0. The minimum absolute atomic E-state index is 0.0256. The van der Waals surface area contributed by atoms with Gasteiger partial charge in [-0.15, -0.1) is 0 Å². The molecule has 0 aliphatic carbocycles. The summed E-state index contributed by atoms with van der Waals surface area (Å²) in [6, 6.07) is 9.61. The zero-order chi connectivity index (χ0) is 18.7. The number of aromatic amines is 1. The number of nitrogens with zero attached hydrogens (tertiary/aromatic N) is 3. The molecule has 0 aliphatic heterocycles. The number of rotatable bonds is 7. The molecule has 0 saturated heterocycles. The van der Waals surface area contributed by atoms with Crippen molar-refractivity contribution < 1.29 is 13.2 Å². The number of hydrogen-bond donors (Lipinski definition) is 2. The summed E-state index contributed by atoms with van der Waals surface area (Å²) < 4.78 is 25.5. The van der Waals surface area contributed by atoms with Crippen LogP contribution in [0.4, 0.5) is 0 Å². The van der Waals surface area contributed by atoms with Crippen LogP contribution in [-0.4, -0.2) is 40.6 Å². The van der Waals surface area contributed by atoms with E-state index in [-0.39, 0.29) is 12.8 Å². The van der Waals surface area contributed by atoms with E-state index < -0.39 is 21.1 Å². The van der Waals surface area contributed by atoms with Crippen LogP contribution in [0.15, 0.2) is 48.9 Å². The van der Waals surface area contributed by atoms with E-state index in [9.17, 15) is 13.2 Å². The van der Waals surface area contributed by atoms with Crippen LogP contribution in [0, 0.1) is 0 Å². The molecule has 1 atom stereocenters. The number of primary amides is 1. The van der Waals surface area contributed by atoms with Crippen LogP contribution in [0.5, 0.6) is 0 Å². The first-order chi connectivity index (χ1) is 12.3. The quantitative estimate of drug-likeness (QED) is 0.653. The van der Waals surface area contributed by atoms with Crippen molar-refractivity contribution in [2.75, 3.05) is 6.26 Å². The number of sulfone groups is 1. The van der Waals surface area contributed by atoms with Crippen LogP contribution in [-0.2, 0) is 14.6 Å². The molecule has 2 aromatic heterocycles. The Labute approximate surface area is 151 Å². The molecule has 0 radical (unpaired) electrons. The lowest BCUT2D eigenvalue weighted by Gasteiger charge is -2.14. The molecule has 136 valence electrons. The lowest BCUT2D eigenvalue weighted by molar-refractivity contribution is -0.118. The highest BCUT2D eigenvalue weighted by Crippen LogP contribution is 2.27. The predicted octanol–water partition coefficient (Wildman–Crippen LogP) is 1.75. The summed E-state index contributed by atoms with van der Waals surface area (Å²) in [5, 5.41) is 10.1. The third kappa shape index (κ3) is 3.99. The molecule has 0 bridgehead atoms. The maximum atomic E-state index is 12.1. The van der Waals surface area contributed by atoms with Gasteiger partial charge in [0.25, 0.3) is 0 Å². The van der Waals surface area contributed by atoms with Crippen molar-refractivity contribution in [3.63, 3.8) is 0 Å². The molecule has 1 amide bonds. The van der Waals surface area contributed by atoms with Gasteiger partial charge in [0.05, 0.1) is 11.9 Å². The van der Waals surface area contributed by atoms with Crippen molar-refractivity contribution in [1.82, 2.24) is 20.0 Å². The van der Waals surface area contributed by atoms with Crippen LogP contribution < -0.4 is 5.73 Å². The molecule has 2 heterocycles. The summed E-state index contributed by atoms with van der Waals surface area (Å²) >= 11 is 0. The monoisotopic (exact) mass is 373 g/mol. The highest BCUT2D eigenvalue weighted by Gasteiger charge is 2.24. The first-order valence-electron chi connectivity index (χ1n) is 7.96. The fourth-order valence-electron chi connectivity index (χ4n) is 2.74. The standard InChI is InChI=1S/C17H19N5O3S/c1-26(24,25)17(6-5-16(18)23)22-11-14(10-20-22)12-3-2-4-13(9-12)15-7-8-19-21-15/h2-4,7-11,17H,5-6H2,1H3,(H2,18,23)(H,19,21). The molecule has 9 heteroatoms. The van der Waals surface area contributed by atoms with E-state index in [4.69, 9.17) is 5.73 Å². The van der Waals surface area contributed by atoms with E-state index in [0.29, 0.717) is 0 Å². The Bertz CT molecular complexity index is 1010. The maximum absolute atomic E-state index is 12.1. The van der Waals surface area contributed by atoms with E-state index in [1.807, 2.05) is 30.3 Å². The molecule has 1 unspecified atom stereocenters.